The van der Waals surface area contributed by atoms with Crippen LogP contribution in [0.3, 0.4) is 0 Å². The van der Waals surface area contributed by atoms with E-state index in [-0.39, 0.29) is 24.4 Å². The van der Waals surface area contributed by atoms with Crippen molar-refractivity contribution in [3.8, 4) is 0 Å². The van der Waals surface area contributed by atoms with Gasteiger partial charge in [-0.25, -0.2) is 4.39 Å². The molecule has 3 rings (SSSR count). The molecule has 7 heteroatoms. The van der Waals surface area contributed by atoms with Crippen LogP contribution in [0.2, 0.25) is 0 Å². The Bertz CT molecular complexity index is 795. The normalized spacial score (nSPS) is 21.4. The van der Waals surface area contributed by atoms with Crippen LogP contribution in [-0.4, -0.2) is 45.5 Å². The highest BCUT2D eigenvalue weighted by Gasteiger charge is 2.40. The van der Waals surface area contributed by atoms with Gasteiger partial charge in [0.2, 0.25) is 0 Å². The van der Waals surface area contributed by atoms with Gasteiger partial charge in [-0.2, -0.15) is 0 Å². The Morgan fingerprint density at radius 1 is 1.35 bits per heavy atom. The van der Waals surface area contributed by atoms with Gasteiger partial charge in [0, 0.05) is 18.1 Å². The molecule has 2 amide bonds. The van der Waals surface area contributed by atoms with E-state index >= 15 is 0 Å². The van der Waals surface area contributed by atoms with Crippen molar-refractivity contribution in [1.82, 2.24) is 9.88 Å². The number of aliphatic hydroxyl groups is 1. The number of pyridine rings is 1. The second-order valence-corrected chi connectivity index (χ2v) is 5.79. The minimum atomic E-state index is -1.70. The molecule has 1 aromatic heterocycles. The van der Waals surface area contributed by atoms with Gasteiger partial charge >= 0.3 is 0 Å². The van der Waals surface area contributed by atoms with Crippen LogP contribution < -0.4 is 5.73 Å². The van der Waals surface area contributed by atoms with Crippen molar-refractivity contribution >= 4 is 22.7 Å². The van der Waals surface area contributed by atoms with Crippen molar-refractivity contribution in [3.63, 3.8) is 0 Å². The van der Waals surface area contributed by atoms with E-state index in [0.29, 0.717) is 23.9 Å². The molecule has 1 atom stereocenters. The maximum absolute atomic E-state index is 13.3. The smallest absolute Gasteiger partial charge is 0.255 e. The first kappa shape index (κ1) is 15.4. The van der Waals surface area contributed by atoms with Gasteiger partial charge in [-0.1, -0.05) is 0 Å². The third-order valence-electron chi connectivity index (χ3n) is 4.11. The lowest BCUT2D eigenvalue weighted by atomic mass is 9.92. The summed E-state index contributed by atoms with van der Waals surface area (Å²) in [6.45, 7) is 0.262. The molecule has 0 bridgehead atoms. The van der Waals surface area contributed by atoms with Crippen LogP contribution in [0.25, 0.3) is 10.9 Å². The van der Waals surface area contributed by atoms with E-state index in [1.54, 1.807) is 6.07 Å². The fourth-order valence-corrected chi connectivity index (χ4v) is 2.81. The highest BCUT2D eigenvalue weighted by atomic mass is 19.1. The summed E-state index contributed by atoms with van der Waals surface area (Å²) < 4.78 is 13.3. The molecule has 0 spiro atoms. The first-order valence-corrected chi connectivity index (χ1v) is 7.26. The number of hydrogen-bond donors (Lipinski definition) is 2. The molecular weight excluding hydrogens is 301 g/mol. The number of piperidine rings is 1. The van der Waals surface area contributed by atoms with E-state index in [4.69, 9.17) is 5.73 Å². The molecule has 1 aliphatic heterocycles. The number of halogens is 1. The predicted molar refractivity (Wildman–Crippen MR) is 81.0 cm³/mol. The fraction of sp³-hybridized carbons (Fsp3) is 0.312. The number of β-amino-alcohol motifs (C(OH)–C–C–N with tert-alkyl or cyclic N) is 1. The summed E-state index contributed by atoms with van der Waals surface area (Å²) in [7, 11) is 0. The zero-order valence-corrected chi connectivity index (χ0v) is 12.3. The van der Waals surface area contributed by atoms with Gasteiger partial charge in [-0.3, -0.25) is 14.6 Å². The predicted octanol–water partition coefficient (Wildman–Crippen LogP) is 0.826. The highest BCUT2D eigenvalue weighted by molar-refractivity contribution is 5.98. The summed E-state index contributed by atoms with van der Waals surface area (Å²) in [5.41, 5.74) is 4.36. The van der Waals surface area contributed by atoms with Crippen molar-refractivity contribution in [1.29, 1.82) is 0 Å². The maximum atomic E-state index is 13.3. The molecule has 23 heavy (non-hydrogen) atoms. The minimum absolute atomic E-state index is 0.150. The summed E-state index contributed by atoms with van der Waals surface area (Å²) in [6, 6.07) is 5.68. The number of nitrogens with zero attached hydrogens (tertiary/aromatic N) is 2. The van der Waals surface area contributed by atoms with Crippen LogP contribution in [0.1, 0.15) is 23.2 Å². The summed E-state index contributed by atoms with van der Waals surface area (Å²) >= 11 is 0. The standard InChI is InChI=1S/C16H16FN3O3/c17-12-2-3-13-10(7-12)6-11(8-19-13)14(21)20-5-1-4-16(23,9-20)15(18)22/h2-3,6-8,23H,1,4-5,9H2,(H2,18,22)/t16-/m0/s1. The van der Waals surface area contributed by atoms with E-state index in [1.165, 1.54) is 29.3 Å². The monoisotopic (exact) mass is 317 g/mol. The Morgan fingerprint density at radius 2 is 2.13 bits per heavy atom. The second kappa shape index (κ2) is 5.58. The number of amides is 2. The largest absolute Gasteiger partial charge is 0.378 e. The number of fused-ring (bicyclic) bond motifs is 1. The number of nitrogens with two attached hydrogens (primary N) is 1. The summed E-state index contributed by atoms with van der Waals surface area (Å²) in [5, 5.41) is 10.7. The number of carbonyl (C=O) groups is 2. The Labute approximate surface area is 131 Å². The third-order valence-corrected chi connectivity index (χ3v) is 4.11. The van der Waals surface area contributed by atoms with Crippen LogP contribution in [0, 0.1) is 5.82 Å². The Kier molecular flexibility index (Phi) is 3.73. The Morgan fingerprint density at radius 3 is 2.87 bits per heavy atom. The van der Waals surface area contributed by atoms with Crippen molar-refractivity contribution in [2.75, 3.05) is 13.1 Å². The van der Waals surface area contributed by atoms with Crippen LogP contribution in [0.15, 0.2) is 30.5 Å². The van der Waals surface area contributed by atoms with Crippen LogP contribution in [-0.2, 0) is 4.79 Å². The van der Waals surface area contributed by atoms with Crippen LogP contribution in [0.4, 0.5) is 4.39 Å². The van der Waals surface area contributed by atoms with Gasteiger partial charge in [-0.15, -0.1) is 0 Å². The van der Waals surface area contributed by atoms with E-state index < -0.39 is 17.3 Å². The van der Waals surface area contributed by atoms with Crippen molar-refractivity contribution in [2.45, 2.75) is 18.4 Å². The molecule has 0 saturated carbocycles. The molecule has 1 aromatic carbocycles. The average molecular weight is 317 g/mol. The number of carbonyl (C=O) groups excluding carboxylic acids is 2. The maximum Gasteiger partial charge on any atom is 0.255 e. The SMILES string of the molecule is NC(=O)[C@]1(O)CCCN(C(=O)c2cnc3ccc(F)cc3c2)C1. The van der Waals surface area contributed by atoms with Gasteiger partial charge in [-0.05, 0) is 37.1 Å². The number of hydrogen-bond acceptors (Lipinski definition) is 4. The van der Waals surface area contributed by atoms with Gasteiger partial charge in [0.1, 0.15) is 5.82 Å². The molecule has 0 aliphatic carbocycles. The molecular formula is C16H16FN3O3. The van der Waals surface area contributed by atoms with Crippen molar-refractivity contribution in [3.05, 3.63) is 41.8 Å². The molecule has 6 nitrogen and oxygen atoms in total. The molecule has 0 radical (unpaired) electrons. The lowest BCUT2D eigenvalue weighted by molar-refractivity contribution is -0.140. The van der Waals surface area contributed by atoms with Gasteiger partial charge in [0.15, 0.2) is 5.60 Å². The number of primary amides is 1. The fourth-order valence-electron chi connectivity index (χ4n) is 2.81. The second-order valence-electron chi connectivity index (χ2n) is 5.79. The van der Waals surface area contributed by atoms with E-state index in [9.17, 15) is 19.1 Å². The number of rotatable bonds is 2. The van der Waals surface area contributed by atoms with Crippen LogP contribution >= 0.6 is 0 Å². The number of likely N-dealkylation sites (tertiary alicyclic amines) is 1. The summed E-state index contributed by atoms with van der Waals surface area (Å²) in [4.78, 5) is 29.5. The molecule has 1 saturated heterocycles. The third kappa shape index (κ3) is 2.87. The average Bonchev–Trinajstić information content (AvgIpc) is 2.53. The number of aromatic nitrogens is 1. The molecule has 1 aliphatic rings. The topological polar surface area (TPSA) is 96.5 Å². The summed E-state index contributed by atoms with van der Waals surface area (Å²) in [6.07, 6.45) is 2.11. The highest BCUT2D eigenvalue weighted by Crippen LogP contribution is 2.23. The lowest BCUT2D eigenvalue weighted by Crippen LogP contribution is -2.57. The zero-order chi connectivity index (χ0) is 16.6. The van der Waals surface area contributed by atoms with E-state index in [2.05, 4.69) is 4.98 Å². The van der Waals surface area contributed by atoms with Gasteiger partial charge in [0.25, 0.3) is 11.8 Å². The van der Waals surface area contributed by atoms with Gasteiger partial charge < -0.3 is 15.7 Å². The molecule has 2 aromatic rings. The molecule has 3 N–H and O–H groups in total. The summed E-state index contributed by atoms with van der Waals surface area (Å²) in [5.74, 6) is -1.62. The van der Waals surface area contributed by atoms with Gasteiger partial charge in [0.05, 0.1) is 17.6 Å². The van der Waals surface area contributed by atoms with E-state index in [0.717, 1.165) is 0 Å². The molecule has 1 fully saturated rings. The lowest BCUT2D eigenvalue weighted by Gasteiger charge is -2.37. The van der Waals surface area contributed by atoms with Crippen molar-refractivity contribution < 1.29 is 19.1 Å². The first-order chi connectivity index (χ1) is 10.9. The molecule has 0 unspecified atom stereocenters. The van der Waals surface area contributed by atoms with Crippen molar-refractivity contribution in [2.24, 2.45) is 5.73 Å². The van der Waals surface area contributed by atoms with E-state index in [1.807, 2.05) is 0 Å². The Hall–Kier alpha value is -2.54. The number of benzene rings is 1. The zero-order valence-electron chi connectivity index (χ0n) is 12.3. The Balaban J connectivity index is 1.89. The molecule has 2 heterocycles. The minimum Gasteiger partial charge on any atom is -0.378 e. The quantitative estimate of drug-likeness (QED) is 0.857. The van der Waals surface area contributed by atoms with Crippen LogP contribution in [0.5, 0.6) is 0 Å². The first-order valence-electron chi connectivity index (χ1n) is 7.26. The molecule has 120 valence electrons.